The molecule has 0 atom stereocenters. The lowest BCUT2D eigenvalue weighted by molar-refractivity contribution is -0.182. The molecule has 1 rings (SSSR count). The Morgan fingerprint density at radius 3 is 2.26 bits per heavy atom. The highest BCUT2D eigenvalue weighted by Crippen LogP contribution is 2.37. The molecule has 3 nitrogen and oxygen atoms in total. The van der Waals surface area contributed by atoms with Gasteiger partial charge in [0.25, 0.3) is 0 Å². The predicted octanol–water partition coefficient (Wildman–Crippen LogP) is 2.28. The topological polar surface area (TPSA) is 24.5 Å². The van der Waals surface area contributed by atoms with Gasteiger partial charge in [-0.25, -0.2) is 0 Å². The van der Waals surface area contributed by atoms with E-state index in [2.05, 4.69) is 5.32 Å². The van der Waals surface area contributed by atoms with Crippen LogP contribution in [0.3, 0.4) is 0 Å². The van der Waals surface area contributed by atoms with Gasteiger partial charge < -0.3 is 15.0 Å². The van der Waals surface area contributed by atoms with Crippen LogP contribution >= 0.6 is 0 Å². The molecule has 1 saturated carbocycles. The lowest BCUT2D eigenvalue weighted by atomic mass is 9.85. The van der Waals surface area contributed by atoms with Crippen molar-refractivity contribution in [2.24, 2.45) is 5.92 Å². The molecule has 0 amide bonds. The second-order valence-corrected chi connectivity index (χ2v) is 5.46. The Morgan fingerprint density at radius 1 is 1.11 bits per heavy atom. The molecule has 19 heavy (non-hydrogen) atoms. The van der Waals surface area contributed by atoms with Crippen molar-refractivity contribution in [3.05, 3.63) is 0 Å². The van der Waals surface area contributed by atoms with Gasteiger partial charge in [0.2, 0.25) is 0 Å². The first-order valence-electron chi connectivity index (χ1n) is 6.92. The molecule has 1 fully saturated rings. The van der Waals surface area contributed by atoms with Crippen LogP contribution in [0.5, 0.6) is 0 Å². The zero-order valence-electron chi connectivity index (χ0n) is 11.8. The Bertz CT molecular complexity index is 239. The molecule has 0 aromatic heterocycles. The van der Waals surface area contributed by atoms with Crippen LogP contribution in [-0.4, -0.2) is 57.5 Å². The van der Waals surface area contributed by atoms with Crippen molar-refractivity contribution in [2.75, 3.05) is 40.4 Å². The van der Waals surface area contributed by atoms with Crippen molar-refractivity contribution >= 4 is 0 Å². The molecular formula is C13H25F3N2O. The molecule has 0 radical (unpaired) electrons. The number of nitrogens with zero attached hydrogens (tertiary/aromatic N) is 1. The second kappa shape index (κ2) is 8.07. The van der Waals surface area contributed by atoms with E-state index in [9.17, 15) is 13.2 Å². The first kappa shape index (κ1) is 16.7. The highest BCUT2D eigenvalue weighted by atomic mass is 19.4. The van der Waals surface area contributed by atoms with E-state index in [1.807, 2.05) is 19.0 Å². The Hall–Kier alpha value is -0.330. The van der Waals surface area contributed by atoms with Gasteiger partial charge in [-0.2, -0.15) is 13.2 Å². The van der Waals surface area contributed by atoms with Gasteiger partial charge in [0.1, 0.15) is 0 Å². The lowest BCUT2D eigenvalue weighted by Gasteiger charge is -2.30. The number of alkyl halides is 3. The number of hydrogen-bond acceptors (Lipinski definition) is 3. The van der Waals surface area contributed by atoms with Crippen LogP contribution in [0.1, 0.15) is 25.7 Å². The van der Waals surface area contributed by atoms with Crippen molar-refractivity contribution in [1.82, 2.24) is 10.2 Å². The fourth-order valence-electron chi connectivity index (χ4n) is 2.31. The summed E-state index contributed by atoms with van der Waals surface area (Å²) in [4.78, 5) is 2.05. The van der Waals surface area contributed by atoms with E-state index in [0.717, 1.165) is 13.1 Å². The summed E-state index contributed by atoms with van der Waals surface area (Å²) in [6.45, 7) is 2.91. The Kier molecular flexibility index (Phi) is 7.10. The van der Waals surface area contributed by atoms with E-state index in [1.54, 1.807) is 0 Å². The van der Waals surface area contributed by atoms with Crippen molar-refractivity contribution in [1.29, 1.82) is 0 Å². The highest BCUT2D eigenvalue weighted by Gasteiger charge is 2.41. The Balaban J connectivity index is 2.01. The second-order valence-electron chi connectivity index (χ2n) is 5.46. The number of halogens is 3. The average molecular weight is 282 g/mol. The van der Waals surface area contributed by atoms with Gasteiger partial charge in [0, 0.05) is 19.1 Å². The molecule has 0 aromatic rings. The van der Waals surface area contributed by atoms with E-state index in [0.29, 0.717) is 26.1 Å². The standard InChI is InChI=1S/C13H25F3N2O/c1-18(2)8-10-19-9-7-17-12-5-3-11(4-6-12)13(14,15)16/h11-12,17H,3-10H2,1-2H3. The van der Waals surface area contributed by atoms with Crippen molar-refractivity contribution in [2.45, 2.75) is 37.9 Å². The van der Waals surface area contributed by atoms with Gasteiger partial charge in [0.15, 0.2) is 0 Å². The molecule has 1 N–H and O–H groups in total. The highest BCUT2D eigenvalue weighted by molar-refractivity contribution is 4.80. The van der Waals surface area contributed by atoms with Gasteiger partial charge in [0.05, 0.1) is 19.1 Å². The lowest BCUT2D eigenvalue weighted by Crippen LogP contribution is -2.38. The summed E-state index contributed by atoms with van der Waals surface area (Å²) < 4.78 is 42.9. The summed E-state index contributed by atoms with van der Waals surface area (Å²) in [6, 6.07) is 0.219. The summed E-state index contributed by atoms with van der Waals surface area (Å²) in [7, 11) is 3.97. The molecule has 0 saturated heterocycles. The van der Waals surface area contributed by atoms with Gasteiger partial charge in [-0.1, -0.05) is 0 Å². The number of hydrogen-bond donors (Lipinski definition) is 1. The molecule has 0 aromatic carbocycles. The van der Waals surface area contributed by atoms with Crippen LogP contribution < -0.4 is 5.32 Å². The van der Waals surface area contributed by atoms with Crippen molar-refractivity contribution < 1.29 is 17.9 Å². The van der Waals surface area contributed by atoms with Crippen molar-refractivity contribution in [3.63, 3.8) is 0 Å². The van der Waals surface area contributed by atoms with E-state index < -0.39 is 12.1 Å². The Labute approximate surface area is 113 Å². The molecule has 0 spiro atoms. The minimum Gasteiger partial charge on any atom is -0.379 e. The SMILES string of the molecule is CN(C)CCOCCNC1CCC(C(F)(F)F)CC1. The van der Waals surface area contributed by atoms with Gasteiger partial charge in [-0.05, 0) is 39.8 Å². The maximum absolute atomic E-state index is 12.5. The third-order valence-corrected chi connectivity index (χ3v) is 3.55. The number of nitrogens with one attached hydrogen (secondary N) is 1. The smallest absolute Gasteiger partial charge is 0.379 e. The third-order valence-electron chi connectivity index (χ3n) is 3.55. The molecule has 0 heterocycles. The van der Waals surface area contributed by atoms with Crippen LogP contribution in [0, 0.1) is 5.92 Å². The zero-order valence-corrected chi connectivity index (χ0v) is 11.8. The summed E-state index contributed by atoms with van der Waals surface area (Å²) in [5, 5.41) is 3.28. The molecule has 6 heteroatoms. The van der Waals surface area contributed by atoms with E-state index in [1.165, 1.54) is 0 Å². The number of likely N-dealkylation sites (N-methyl/N-ethyl adjacent to an activating group) is 1. The first-order chi connectivity index (χ1) is 8.89. The Morgan fingerprint density at radius 2 is 1.74 bits per heavy atom. The minimum atomic E-state index is -4.01. The number of rotatable bonds is 7. The summed E-state index contributed by atoms with van der Waals surface area (Å²) in [6.07, 6.45) is -2.28. The van der Waals surface area contributed by atoms with Crippen LogP contribution in [-0.2, 0) is 4.74 Å². The van der Waals surface area contributed by atoms with Crippen LogP contribution in [0.25, 0.3) is 0 Å². The zero-order chi connectivity index (χ0) is 14.3. The van der Waals surface area contributed by atoms with Gasteiger partial charge in [-0.15, -0.1) is 0 Å². The van der Waals surface area contributed by atoms with E-state index in [4.69, 9.17) is 4.74 Å². The van der Waals surface area contributed by atoms with Gasteiger partial charge in [-0.3, -0.25) is 0 Å². The normalized spacial score (nSPS) is 24.9. The molecule has 114 valence electrons. The van der Waals surface area contributed by atoms with Crippen molar-refractivity contribution in [3.8, 4) is 0 Å². The molecule has 0 aliphatic heterocycles. The maximum Gasteiger partial charge on any atom is 0.391 e. The number of ether oxygens (including phenoxy) is 1. The third kappa shape index (κ3) is 7.13. The molecule has 0 bridgehead atoms. The maximum atomic E-state index is 12.5. The first-order valence-corrected chi connectivity index (χ1v) is 6.92. The van der Waals surface area contributed by atoms with Crippen LogP contribution in [0.2, 0.25) is 0 Å². The predicted molar refractivity (Wildman–Crippen MR) is 69.2 cm³/mol. The molecule has 1 aliphatic carbocycles. The molecule has 1 aliphatic rings. The van der Waals surface area contributed by atoms with Gasteiger partial charge >= 0.3 is 6.18 Å². The van der Waals surface area contributed by atoms with Crippen LogP contribution in [0.15, 0.2) is 0 Å². The fraction of sp³-hybridized carbons (Fsp3) is 1.00. The van der Waals surface area contributed by atoms with E-state index >= 15 is 0 Å². The summed E-state index contributed by atoms with van der Waals surface area (Å²) in [5.41, 5.74) is 0. The summed E-state index contributed by atoms with van der Waals surface area (Å²) in [5.74, 6) is -1.10. The average Bonchev–Trinajstić information content (AvgIpc) is 2.32. The fourth-order valence-corrected chi connectivity index (χ4v) is 2.31. The van der Waals surface area contributed by atoms with Crippen LogP contribution in [0.4, 0.5) is 13.2 Å². The molecule has 0 unspecified atom stereocenters. The molecular weight excluding hydrogens is 257 g/mol. The summed E-state index contributed by atoms with van der Waals surface area (Å²) >= 11 is 0. The quantitative estimate of drug-likeness (QED) is 0.725. The minimum absolute atomic E-state index is 0.219. The largest absolute Gasteiger partial charge is 0.391 e. The monoisotopic (exact) mass is 282 g/mol. The van der Waals surface area contributed by atoms with E-state index in [-0.39, 0.29) is 18.9 Å².